The van der Waals surface area contributed by atoms with Gasteiger partial charge < -0.3 is 10.8 Å². The summed E-state index contributed by atoms with van der Waals surface area (Å²) in [6.07, 6.45) is 0.708. The third kappa shape index (κ3) is 2.68. The van der Waals surface area contributed by atoms with Crippen molar-refractivity contribution in [2.24, 2.45) is 5.73 Å². The van der Waals surface area contributed by atoms with Gasteiger partial charge in [-0.15, -0.1) is 0 Å². The van der Waals surface area contributed by atoms with Crippen LogP contribution < -0.4 is 10.7 Å². The molecule has 19 heavy (non-hydrogen) atoms. The van der Waals surface area contributed by atoms with Crippen molar-refractivity contribution in [3.05, 3.63) is 29.8 Å². The van der Waals surface area contributed by atoms with Crippen LogP contribution in [0.4, 0.5) is 5.69 Å². The Labute approximate surface area is 111 Å². The molecule has 0 radical (unpaired) electrons. The first-order valence-corrected chi connectivity index (χ1v) is 6.11. The van der Waals surface area contributed by atoms with Crippen molar-refractivity contribution in [3.63, 3.8) is 0 Å². The van der Waals surface area contributed by atoms with Gasteiger partial charge in [-0.3, -0.25) is 19.6 Å². The molecule has 1 aromatic carbocycles. The number of hydrogen-bond donors (Lipinski definition) is 2. The van der Waals surface area contributed by atoms with Crippen molar-refractivity contribution < 1.29 is 14.7 Å². The predicted molar refractivity (Wildman–Crippen MR) is 70.5 cm³/mol. The fourth-order valence-electron chi connectivity index (χ4n) is 2.19. The molecule has 1 aromatic rings. The Morgan fingerprint density at radius 1 is 1.47 bits per heavy atom. The monoisotopic (exact) mass is 263 g/mol. The lowest BCUT2D eigenvalue weighted by molar-refractivity contribution is -0.138. The first kappa shape index (κ1) is 13.4. The molecule has 3 N–H and O–H groups in total. The first-order valence-electron chi connectivity index (χ1n) is 6.11. The summed E-state index contributed by atoms with van der Waals surface area (Å²) in [6.45, 7) is 0.606. The lowest BCUT2D eigenvalue weighted by Gasteiger charge is -2.28. The molecule has 1 saturated heterocycles. The van der Waals surface area contributed by atoms with E-state index in [1.807, 2.05) is 29.3 Å². The lowest BCUT2D eigenvalue weighted by atomic mass is 10.0. The molecule has 1 heterocycles. The topological polar surface area (TPSA) is 86.9 Å². The van der Waals surface area contributed by atoms with Crippen molar-refractivity contribution in [1.82, 2.24) is 5.01 Å². The molecule has 1 amide bonds. The summed E-state index contributed by atoms with van der Waals surface area (Å²) in [5.41, 5.74) is 7.25. The summed E-state index contributed by atoms with van der Waals surface area (Å²) >= 11 is 0. The minimum Gasteiger partial charge on any atom is -0.480 e. The zero-order valence-electron chi connectivity index (χ0n) is 10.7. The number of rotatable bonds is 4. The van der Waals surface area contributed by atoms with Gasteiger partial charge in [-0.25, -0.2) is 0 Å². The fraction of sp³-hybridized carbons (Fsp3) is 0.385. The number of nitrogens with two attached hydrogens (primary N) is 1. The number of carboxylic acids is 1. The number of nitrogens with zero attached hydrogens (tertiary/aromatic N) is 2. The number of aliphatic carboxylic acids is 1. The maximum atomic E-state index is 11.6. The van der Waals surface area contributed by atoms with Crippen LogP contribution in [0.15, 0.2) is 24.3 Å². The van der Waals surface area contributed by atoms with E-state index < -0.39 is 12.0 Å². The molecule has 102 valence electrons. The van der Waals surface area contributed by atoms with Gasteiger partial charge in [0, 0.05) is 26.4 Å². The van der Waals surface area contributed by atoms with Crippen LogP contribution in [0, 0.1) is 0 Å². The van der Waals surface area contributed by atoms with Gasteiger partial charge in [0.05, 0.1) is 5.69 Å². The molecule has 1 fully saturated rings. The number of anilines is 1. The third-order valence-electron chi connectivity index (χ3n) is 3.29. The van der Waals surface area contributed by atoms with Crippen molar-refractivity contribution in [2.45, 2.75) is 18.9 Å². The smallest absolute Gasteiger partial charge is 0.320 e. The summed E-state index contributed by atoms with van der Waals surface area (Å²) in [6, 6.07) is 6.48. The highest BCUT2D eigenvalue weighted by Gasteiger charge is 2.27. The van der Waals surface area contributed by atoms with Crippen LogP contribution in [-0.2, 0) is 16.0 Å². The van der Waals surface area contributed by atoms with Crippen LogP contribution in [0.1, 0.15) is 12.0 Å². The van der Waals surface area contributed by atoms with Crippen LogP contribution in [-0.4, -0.2) is 41.6 Å². The average molecular weight is 263 g/mol. The molecule has 2 rings (SSSR count). The summed E-state index contributed by atoms with van der Waals surface area (Å²) < 4.78 is 0. The molecule has 0 aromatic heterocycles. The molecule has 1 unspecified atom stereocenters. The fourth-order valence-corrected chi connectivity index (χ4v) is 2.19. The highest BCUT2D eigenvalue weighted by atomic mass is 16.4. The molecule has 6 nitrogen and oxygen atoms in total. The van der Waals surface area contributed by atoms with Crippen molar-refractivity contribution in [2.75, 3.05) is 18.6 Å². The van der Waals surface area contributed by atoms with E-state index in [1.165, 1.54) is 0 Å². The first-order chi connectivity index (χ1) is 9.00. The summed E-state index contributed by atoms with van der Waals surface area (Å²) in [7, 11) is 1.71. The van der Waals surface area contributed by atoms with E-state index in [0.29, 0.717) is 13.0 Å². The van der Waals surface area contributed by atoms with Gasteiger partial charge in [0.2, 0.25) is 5.91 Å². The molecular formula is C13H17N3O3. The summed E-state index contributed by atoms with van der Waals surface area (Å²) in [4.78, 5) is 22.4. The number of carbonyl (C=O) groups excluding carboxylic acids is 1. The Morgan fingerprint density at radius 2 is 2.16 bits per heavy atom. The number of hydrogen-bond acceptors (Lipinski definition) is 4. The van der Waals surface area contributed by atoms with E-state index in [2.05, 4.69) is 0 Å². The Balaban J connectivity index is 2.26. The molecule has 6 heteroatoms. The zero-order chi connectivity index (χ0) is 14.0. The zero-order valence-corrected chi connectivity index (χ0v) is 10.7. The molecule has 1 aliphatic heterocycles. The van der Waals surface area contributed by atoms with Crippen molar-refractivity contribution >= 4 is 17.6 Å². The van der Waals surface area contributed by atoms with Crippen molar-refractivity contribution in [3.8, 4) is 0 Å². The SMILES string of the molecule is CN1C(=O)CCN1c1ccccc1CC(N)C(=O)O. The van der Waals surface area contributed by atoms with Gasteiger partial charge in [0.25, 0.3) is 0 Å². The number of para-hydroxylation sites is 1. The Morgan fingerprint density at radius 3 is 2.74 bits per heavy atom. The van der Waals surface area contributed by atoms with Gasteiger partial charge in [0.1, 0.15) is 6.04 Å². The summed E-state index contributed by atoms with van der Waals surface area (Å²) in [5, 5.41) is 12.3. The minimum absolute atomic E-state index is 0.0531. The molecule has 1 atom stereocenters. The van der Waals surface area contributed by atoms with Crippen LogP contribution >= 0.6 is 0 Å². The second-order valence-electron chi connectivity index (χ2n) is 4.57. The van der Waals surface area contributed by atoms with Gasteiger partial charge in [-0.2, -0.15) is 0 Å². The van der Waals surface area contributed by atoms with Gasteiger partial charge in [0.15, 0.2) is 0 Å². The van der Waals surface area contributed by atoms with E-state index >= 15 is 0 Å². The third-order valence-corrected chi connectivity index (χ3v) is 3.29. The van der Waals surface area contributed by atoms with E-state index in [1.54, 1.807) is 12.1 Å². The maximum absolute atomic E-state index is 11.6. The Bertz CT molecular complexity index is 504. The molecule has 0 aliphatic carbocycles. The standard InChI is InChI=1S/C13H17N3O3/c1-15-12(17)6-7-16(15)11-5-3-2-4-9(11)8-10(14)13(18)19/h2-5,10H,6-8,14H2,1H3,(H,18,19). The molecule has 0 saturated carbocycles. The van der Waals surface area contributed by atoms with E-state index in [-0.39, 0.29) is 12.3 Å². The summed E-state index contributed by atoms with van der Waals surface area (Å²) in [5.74, 6) is -0.974. The molecule has 1 aliphatic rings. The van der Waals surface area contributed by atoms with Crippen LogP contribution in [0.5, 0.6) is 0 Å². The highest BCUT2D eigenvalue weighted by molar-refractivity contribution is 5.82. The van der Waals surface area contributed by atoms with Crippen LogP contribution in [0.25, 0.3) is 0 Å². The Kier molecular flexibility index (Phi) is 3.71. The maximum Gasteiger partial charge on any atom is 0.320 e. The Hall–Kier alpha value is -2.08. The minimum atomic E-state index is -1.03. The molecular weight excluding hydrogens is 246 g/mol. The molecule has 0 spiro atoms. The highest BCUT2D eigenvalue weighted by Crippen LogP contribution is 2.26. The normalized spacial score (nSPS) is 16.8. The number of amides is 1. The quantitative estimate of drug-likeness (QED) is 0.811. The van der Waals surface area contributed by atoms with Crippen molar-refractivity contribution in [1.29, 1.82) is 0 Å². The van der Waals surface area contributed by atoms with Crippen LogP contribution in [0.3, 0.4) is 0 Å². The van der Waals surface area contributed by atoms with Gasteiger partial charge in [-0.05, 0) is 11.6 Å². The lowest BCUT2D eigenvalue weighted by Crippen LogP contribution is -2.37. The largest absolute Gasteiger partial charge is 0.480 e. The van der Waals surface area contributed by atoms with Gasteiger partial charge >= 0.3 is 5.97 Å². The van der Waals surface area contributed by atoms with E-state index in [9.17, 15) is 9.59 Å². The number of carbonyl (C=O) groups is 2. The van der Waals surface area contributed by atoms with Crippen LogP contribution in [0.2, 0.25) is 0 Å². The second-order valence-corrected chi connectivity index (χ2v) is 4.57. The predicted octanol–water partition coefficient (Wildman–Crippen LogP) is 0.224. The number of carboxylic acid groups (broad SMARTS) is 1. The second kappa shape index (κ2) is 5.27. The van der Waals surface area contributed by atoms with Gasteiger partial charge in [-0.1, -0.05) is 18.2 Å². The molecule has 0 bridgehead atoms. The number of hydrazine groups is 1. The van der Waals surface area contributed by atoms with E-state index in [4.69, 9.17) is 10.8 Å². The average Bonchev–Trinajstić information content (AvgIpc) is 2.71. The number of benzene rings is 1. The van der Waals surface area contributed by atoms with E-state index in [0.717, 1.165) is 11.3 Å².